The smallest absolute Gasteiger partial charge is 0.316 e. The Morgan fingerprint density at radius 3 is 2.46 bits per heavy atom. The zero-order valence-electron chi connectivity index (χ0n) is 22.3. The number of nitrogens with zero attached hydrogens (tertiary/aromatic N) is 1. The summed E-state index contributed by atoms with van der Waals surface area (Å²) in [6.07, 6.45) is 15.1. The van der Waals surface area contributed by atoms with E-state index in [0.717, 1.165) is 36.6 Å². The van der Waals surface area contributed by atoms with Gasteiger partial charge in [-0.25, -0.2) is 4.98 Å². The van der Waals surface area contributed by atoms with Crippen molar-refractivity contribution < 1.29 is 13.9 Å². The van der Waals surface area contributed by atoms with Crippen molar-refractivity contribution in [3.05, 3.63) is 48.2 Å². The molecule has 1 aromatic carbocycles. The van der Waals surface area contributed by atoms with Gasteiger partial charge in [-0.15, -0.1) is 0 Å². The van der Waals surface area contributed by atoms with Crippen LogP contribution in [0.4, 0.5) is 0 Å². The van der Waals surface area contributed by atoms with E-state index in [4.69, 9.17) is 13.9 Å². The molecule has 35 heavy (non-hydrogen) atoms. The topological polar surface area (TPSA) is 40.6 Å². The van der Waals surface area contributed by atoms with Crippen LogP contribution in [-0.2, 0) is 0 Å². The molecule has 0 fully saturated rings. The lowest BCUT2D eigenvalue weighted by Gasteiger charge is -2.26. The minimum absolute atomic E-state index is 0.122. The first-order chi connectivity index (χ1) is 17.1. The highest BCUT2D eigenvalue weighted by Gasteiger charge is 2.27. The number of fused-ring (bicyclic) bond motifs is 1. The largest absolute Gasteiger partial charge is 0.528 e. The number of hydrogen-bond donors (Lipinski definition) is 0. The number of rotatable bonds is 17. The Morgan fingerprint density at radius 1 is 0.886 bits per heavy atom. The maximum atomic E-state index is 6.23. The maximum absolute atomic E-state index is 6.23. The first kappa shape index (κ1) is 27.6. The molecule has 1 aliphatic rings. The molecule has 1 aromatic heterocycles. The van der Waals surface area contributed by atoms with Crippen molar-refractivity contribution >= 4 is 9.76 Å². The van der Waals surface area contributed by atoms with Crippen LogP contribution >= 0.6 is 0 Å². The number of hydrogen-bond acceptors (Lipinski definition) is 4. The van der Waals surface area contributed by atoms with E-state index in [1.807, 2.05) is 18.2 Å². The van der Waals surface area contributed by atoms with Crippen LogP contribution in [0.15, 0.2) is 42.6 Å². The first-order valence-corrected chi connectivity index (χ1v) is 14.9. The van der Waals surface area contributed by atoms with Crippen molar-refractivity contribution in [1.29, 1.82) is 0 Å². The van der Waals surface area contributed by atoms with E-state index in [0.29, 0.717) is 27.1 Å². The van der Waals surface area contributed by atoms with Crippen LogP contribution in [0.1, 0.15) is 110 Å². The fraction of sp³-hybridized carbons (Fsp3) is 0.633. The molecule has 2 aromatic rings. The first-order valence-electron chi connectivity index (χ1n) is 13.9. The number of benzene rings is 1. The third-order valence-corrected chi connectivity index (χ3v) is 8.09. The van der Waals surface area contributed by atoms with Gasteiger partial charge in [0, 0.05) is 12.6 Å². The van der Waals surface area contributed by atoms with Crippen LogP contribution in [0, 0.1) is 5.92 Å². The molecule has 4 atom stereocenters. The lowest BCUT2D eigenvalue weighted by molar-refractivity contribution is 0.0395. The summed E-state index contributed by atoms with van der Waals surface area (Å²) in [6.45, 7) is 9.24. The van der Waals surface area contributed by atoms with Crippen LogP contribution in [0.5, 0.6) is 17.4 Å². The van der Waals surface area contributed by atoms with E-state index in [2.05, 4.69) is 50.9 Å². The van der Waals surface area contributed by atoms with Gasteiger partial charge in [-0.3, -0.25) is 0 Å². The third-order valence-electron chi connectivity index (χ3n) is 7.07. The molecule has 0 aliphatic carbocycles. The predicted octanol–water partition coefficient (Wildman–Crippen LogP) is 8.74. The Hall–Kier alpha value is -2.01. The molecule has 1 aliphatic heterocycles. The minimum atomic E-state index is -0.122. The summed E-state index contributed by atoms with van der Waals surface area (Å²) in [5.74, 6) is 3.72. The lowest BCUT2D eigenvalue weighted by atomic mass is 9.81. The molecular weight excluding hydrogens is 450 g/mol. The van der Waals surface area contributed by atoms with Gasteiger partial charge in [-0.05, 0) is 66.5 Å². The van der Waals surface area contributed by atoms with Crippen LogP contribution in [0.25, 0.3) is 0 Å². The molecule has 3 rings (SSSR count). The van der Waals surface area contributed by atoms with Gasteiger partial charge in [-0.2, -0.15) is 0 Å². The van der Waals surface area contributed by atoms with E-state index in [9.17, 15) is 0 Å². The van der Waals surface area contributed by atoms with Crippen molar-refractivity contribution in [2.75, 3.05) is 0 Å². The van der Waals surface area contributed by atoms with E-state index in [1.54, 1.807) is 6.20 Å². The molecule has 0 N–H and O–H groups in total. The number of unbranched alkanes of at least 4 members (excludes halogenated alkanes) is 5. The molecule has 0 spiro atoms. The molecule has 0 bridgehead atoms. The summed E-state index contributed by atoms with van der Waals surface area (Å²) < 4.78 is 18.3. The summed E-state index contributed by atoms with van der Waals surface area (Å²) >= 11 is 0. The standard InChI is InChI=1S/C30H45NO3Si/c1-5-7-9-10-11-16-30-32-27-20-18-25(22-28(27)33-30)26(23(3)14-8-6-2)19-17-24(4)35-34-29-15-12-13-21-31-29/h12-13,15,18,20-24,26,30H,5-11,14,16-17,19H2,1-4H3. The predicted molar refractivity (Wildman–Crippen MR) is 146 cm³/mol. The number of ether oxygens (including phenoxy) is 2. The molecule has 2 radical (unpaired) electrons. The molecule has 4 nitrogen and oxygen atoms in total. The average Bonchev–Trinajstić information content (AvgIpc) is 3.29. The van der Waals surface area contributed by atoms with Crippen LogP contribution < -0.4 is 13.9 Å². The Labute approximate surface area is 216 Å². The zero-order chi connectivity index (χ0) is 24.9. The normalized spacial score (nSPS) is 17.2. The van der Waals surface area contributed by atoms with E-state index in [-0.39, 0.29) is 6.29 Å². The van der Waals surface area contributed by atoms with Crippen LogP contribution in [0.3, 0.4) is 0 Å². The van der Waals surface area contributed by atoms with Gasteiger partial charge in [0.25, 0.3) is 0 Å². The average molecular weight is 496 g/mol. The number of pyridine rings is 1. The Kier molecular flexibility index (Phi) is 12.0. The second kappa shape index (κ2) is 15.2. The van der Waals surface area contributed by atoms with Crippen LogP contribution in [-0.4, -0.2) is 21.0 Å². The summed E-state index contributed by atoms with van der Waals surface area (Å²) in [5.41, 5.74) is 1.89. The zero-order valence-corrected chi connectivity index (χ0v) is 23.3. The second-order valence-electron chi connectivity index (χ2n) is 10.2. The van der Waals surface area contributed by atoms with Gasteiger partial charge < -0.3 is 13.9 Å². The maximum Gasteiger partial charge on any atom is 0.316 e. The van der Waals surface area contributed by atoms with Crippen molar-refractivity contribution in [1.82, 2.24) is 4.98 Å². The van der Waals surface area contributed by atoms with Gasteiger partial charge in [0.1, 0.15) is 0 Å². The van der Waals surface area contributed by atoms with Gasteiger partial charge in [0.2, 0.25) is 6.29 Å². The van der Waals surface area contributed by atoms with E-state index >= 15 is 0 Å². The van der Waals surface area contributed by atoms with Crippen molar-refractivity contribution in [3.8, 4) is 17.4 Å². The Balaban J connectivity index is 1.56. The molecule has 5 heteroatoms. The van der Waals surface area contributed by atoms with Crippen molar-refractivity contribution in [2.45, 2.75) is 116 Å². The summed E-state index contributed by atoms with van der Waals surface area (Å²) in [4.78, 5) is 4.29. The molecule has 192 valence electrons. The van der Waals surface area contributed by atoms with Gasteiger partial charge >= 0.3 is 9.76 Å². The fourth-order valence-electron chi connectivity index (χ4n) is 4.85. The highest BCUT2D eigenvalue weighted by atomic mass is 28.2. The second-order valence-corrected chi connectivity index (χ2v) is 11.6. The molecule has 0 saturated carbocycles. The summed E-state index contributed by atoms with van der Waals surface area (Å²) in [5, 5.41) is 0. The summed E-state index contributed by atoms with van der Waals surface area (Å²) in [7, 11) is 0.429. The monoisotopic (exact) mass is 495 g/mol. The third kappa shape index (κ3) is 9.18. The molecule has 4 unspecified atom stereocenters. The Morgan fingerprint density at radius 2 is 1.69 bits per heavy atom. The quantitative estimate of drug-likeness (QED) is 0.162. The van der Waals surface area contributed by atoms with Crippen LogP contribution in [0.2, 0.25) is 5.54 Å². The highest BCUT2D eigenvalue weighted by molar-refractivity contribution is 6.30. The van der Waals surface area contributed by atoms with Crippen molar-refractivity contribution in [2.24, 2.45) is 5.92 Å². The van der Waals surface area contributed by atoms with Gasteiger partial charge in [-0.1, -0.05) is 84.8 Å². The minimum Gasteiger partial charge on any atom is -0.528 e. The highest BCUT2D eigenvalue weighted by Crippen LogP contribution is 2.42. The van der Waals surface area contributed by atoms with E-state index in [1.165, 1.54) is 56.9 Å². The molecule has 0 saturated heterocycles. The summed E-state index contributed by atoms with van der Waals surface area (Å²) in [6, 6.07) is 12.5. The Bertz CT molecular complexity index is 847. The molecule has 2 heterocycles. The van der Waals surface area contributed by atoms with Gasteiger partial charge in [0.15, 0.2) is 17.4 Å². The molecular formula is C30H45NO3Si. The SMILES string of the molecule is CCCCCCCC1Oc2ccc(C(CCC(C)[Si]Oc3ccccn3)C(C)CCCC)cc2O1. The number of aromatic nitrogens is 1. The lowest BCUT2D eigenvalue weighted by Crippen LogP contribution is -2.17. The van der Waals surface area contributed by atoms with Gasteiger partial charge in [0.05, 0.1) is 0 Å². The molecule has 0 amide bonds. The van der Waals surface area contributed by atoms with E-state index < -0.39 is 0 Å². The van der Waals surface area contributed by atoms with Crippen molar-refractivity contribution in [3.63, 3.8) is 0 Å². The fourth-order valence-corrected chi connectivity index (χ4v) is 5.58.